The third-order valence-corrected chi connectivity index (χ3v) is 3.02. The van der Waals surface area contributed by atoms with Gasteiger partial charge in [0.25, 0.3) is 0 Å². The molecule has 1 fully saturated rings. The smallest absolute Gasteiger partial charge is 0.338 e. The molecule has 23 heavy (non-hydrogen) atoms. The van der Waals surface area contributed by atoms with Crippen molar-refractivity contribution in [3.63, 3.8) is 0 Å². The number of carbonyl (C=O) groups is 3. The minimum Gasteiger partial charge on any atom is -0.461 e. The van der Waals surface area contributed by atoms with Crippen LogP contribution in [0.5, 0.6) is 0 Å². The Morgan fingerprint density at radius 2 is 2.09 bits per heavy atom. The number of hydrogen-bond donors (Lipinski definition) is 0. The van der Waals surface area contributed by atoms with Gasteiger partial charge in [0.15, 0.2) is 0 Å². The number of benzene rings is 1. The summed E-state index contributed by atoms with van der Waals surface area (Å²) >= 11 is 0. The van der Waals surface area contributed by atoms with Gasteiger partial charge in [0, 0.05) is 6.08 Å². The molecule has 1 aromatic carbocycles. The zero-order chi connectivity index (χ0) is 16.7. The van der Waals surface area contributed by atoms with Crippen molar-refractivity contribution in [3.8, 4) is 0 Å². The van der Waals surface area contributed by atoms with Crippen molar-refractivity contribution in [2.75, 3.05) is 26.4 Å². The first-order valence-corrected chi connectivity index (χ1v) is 6.93. The summed E-state index contributed by atoms with van der Waals surface area (Å²) in [4.78, 5) is 33.7. The van der Waals surface area contributed by atoms with Gasteiger partial charge < -0.3 is 18.9 Å². The number of rotatable bonds is 6. The summed E-state index contributed by atoms with van der Waals surface area (Å²) in [6, 6.07) is 6.66. The molecular weight excluding hydrogens is 304 g/mol. The second kappa shape index (κ2) is 8.09. The topological polar surface area (TPSA) is 88.1 Å². The van der Waals surface area contributed by atoms with Crippen LogP contribution in [0, 0.1) is 0 Å². The van der Waals surface area contributed by atoms with Crippen LogP contribution in [0.15, 0.2) is 36.9 Å². The lowest BCUT2D eigenvalue weighted by molar-refractivity contribution is -0.168. The summed E-state index contributed by atoms with van der Waals surface area (Å²) in [7, 11) is 0. The first-order chi connectivity index (χ1) is 11.1. The van der Waals surface area contributed by atoms with Crippen molar-refractivity contribution < 1.29 is 33.3 Å². The summed E-state index contributed by atoms with van der Waals surface area (Å²) in [5, 5.41) is 0. The van der Waals surface area contributed by atoms with E-state index in [0.29, 0.717) is 11.1 Å². The van der Waals surface area contributed by atoms with E-state index < -0.39 is 24.0 Å². The molecule has 1 aliphatic heterocycles. The van der Waals surface area contributed by atoms with E-state index in [4.69, 9.17) is 18.9 Å². The van der Waals surface area contributed by atoms with E-state index in [9.17, 15) is 14.4 Å². The third-order valence-electron chi connectivity index (χ3n) is 3.02. The van der Waals surface area contributed by atoms with Crippen LogP contribution in [0.2, 0.25) is 0 Å². The van der Waals surface area contributed by atoms with Crippen molar-refractivity contribution in [1.29, 1.82) is 0 Å². The number of ether oxygens (including phenoxy) is 4. The molecule has 1 unspecified atom stereocenters. The van der Waals surface area contributed by atoms with Gasteiger partial charge in [-0.3, -0.25) is 0 Å². The second-order valence-corrected chi connectivity index (χ2v) is 4.62. The zero-order valence-electron chi connectivity index (χ0n) is 12.4. The van der Waals surface area contributed by atoms with E-state index in [2.05, 4.69) is 6.58 Å². The highest BCUT2D eigenvalue weighted by Crippen LogP contribution is 2.22. The van der Waals surface area contributed by atoms with E-state index in [1.54, 1.807) is 24.3 Å². The minimum atomic E-state index is -0.577. The molecular formula is C16H16O7. The molecule has 122 valence electrons. The summed E-state index contributed by atoms with van der Waals surface area (Å²) in [5.41, 5.74) is 1.04. The highest BCUT2D eigenvalue weighted by molar-refractivity contribution is 5.89. The van der Waals surface area contributed by atoms with Crippen LogP contribution in [0.3, 0.4) is 0 Å². The Morgan fingerprint density at radius 1 is 1.30 bits per heavy atom. The molecule has 0 saturated carbocycles. The summed E-state index contributed by atoms with van der Waals surface area (Å²) in [6.45, 7) is 3.15. The van der Waals surface area contributed by atoms with E-state index in [1.807, 2.05) is 0 Å². The fourth-order valence-electron chi connectivity index (χ4n) is 1.90. The van der Waals surface area contributed by atoms with Crippen LogP contribution in [-0.2, 0) is 28.5 Å². The lowest BCUT2D eigenvalue weighted by atomic mass is 10.1. The Bertz CT molecular complexity index is 598. The molecule has 1 atom stereocenters. The lowest BCUT2D eigenvalue weighted by Crippen LogP contribution is -2.26. The minimum absolute atomic E-state index is 0.0437. The van der Waals surface area contributed by atoms with Crippen LogP contribution < -0.4 is 0 Å². The molecule has 7 heteroatoms. The van der Waals surface area contributed by atoms with E-state index in [0.717, 1.165) is 6.08 Å². The van der Waals surface area contributed by atoms with Gasteiger partial charge >= 0.3 is 17.9 Å². The van der Waals surface area contributed by atoms with Crippen molar-refractivity contribution in [2.24, 2.45) is 0 Å². The molecule has 1 saturated heterocycles. The van der Waals surface area contributed by atoms with Crippen LogP contribution in [0.4, 0.5) is 0 Å². The van der Waals surface area contributed by atoms with Gasteiger partial charge in [-0.2, -0.15) is 0 Å². The average Bonchev–Trinajstić information content (AvgIpc) is 2.59. The van der Waals surface area contributed by atoms with Gasteiger partial charge in [-0.15, -0.1) is 0 Å². The summed E-state index contributed by atoms with van der Waals surface area (Å²) in [5.74, 6) is -1.53. The monoisotopic (exact) mass is 320 g/mol. The Morgan fingerprint density at radius 3 is 2.78 bits per heavy atom. The maximum absolute atomic E-state index is 11.9. The van der Waals surface area contributed by atoms with Crippen molar-refractivity contribution in [2.45, 2.75) is 6.10 Å². The number of hydrogen-bond acceptors (Lipinski definition) is 7. The van der Waals surface area contributed by atoms with Gasteiger partial charge in [0.05, 0.1) is 5.56 Å². The fourth-order valence-corrected chi connectivity index (χ4v) is 1.90. The first-order valence-electron chi connectivity index (χ1n) is 6.93. The molecule has 1 heterocycles. The molecule has 0 N–H and O–H groups in total. The molecule has 1 aliphatic rings. The predicted molar refractivity (Wildman–Crippen MR) is 77.5 cm³/mol. The largest absolute Gasteiger partial charge is 0.461 e. The lowest BCUT2D eigenvalue weighted by Gasteiger charge is -2.22. The van der Waals surface area contributed by atoms with Gasteiger partial charge in [0.2, 0.25) is 0 Å². The van der Waals surface area contributed by atoms with Crippen LogP contribution in [0.1, 0.15) is 22.0 Å². The van der Waals surface area contributed by atoms with Gasteiger partial charge in [-0.25, -0.2) is 14.4 Å². The molecule has 1 aromatic rings. The van der Waals surface area contributed by atoms with Gasteiger partial charge in [-0.05, 0) is 17.7 Å². The molecule has 0 bridgehead atoms. The molecule has 0 aromatic heterocycles. The summed E-state index contributed by atoms with van der Waals surface area (Å²) in [6.07, 6.45) is 0.622. The molecule has 0 radical (unpaired) electrons. The maximum Gasteiger partial charge on any atom is 0.338 e. The number of cyclic esters (lactones) is 1. The predicted octanol–water partition coefficient (Wildman–Crippen LogP) is 1.19. The van der Waals surface area contributed by atoms with E-state index in [1.165, 1.54) is 0 Å². The summed E-state index contributed by atoms with van der Waals surface area (Å²) < 4.78 is 20.0. The average molecular weight is 320 g/mol. The Labute approximate surface area is 132 Å². The molecule has 0 amide bonds. The van der Waals surface area contributed by atoms with E-state index >= 15 is 0 Å². The molecule has 2 rings (SSSR count). The highest BCUT2D eigenvalue weighted by Gasteiger charge is 2.22. The van der Waals surface area contributed by atoms with Gasteiger partial charge in [-0.1, -0.05) is 18.7 Å². The SMILES string of the molecule is C=CC(=O)OCCOC(=O)c1cccc(C2COC(=O)CO2)c1. The zero-order valence-corrected chi connectivity index (χ0v) is 12.4. The maximum atomic E-state index is 11.9. The van der Waals surface area contributed by atoms with Crippen LogP contribution >= 0.6 is 0 Å². The van der Waals surface area contributed by atoms with Crippen molar-refractivity contribution in [1.82, 2.24) is 0 Å². The molecule has 0 aliphatic carbocycles. The van der Waals surface area contributed by atoms with E-state index in [-0.39, 0.29) is 26.4 Å². The van der Waals surface area contributed by atoms with Crippen LogP contribution in [0.25, 0.3) is 0 Å². The third kappa shape index (κ3) is 4.93. The highest BCUT2D eigenvalue weighted by atomic mass is 16.6. The fraction of sp³-hybridized carbons (Fsp3) is 0.312. The van der Waals surface area contributed by atoms with Crippen molar-refractivity contribution in [3.05, 3.63) is 48.0 Å². The Balaban J connectivity index is 1.88. The second-order valence-electron chi connectivity index (χ2n) is 4.62. The number of esters is 3. The molecule has 7 nitrogen and oxygen atoms in total. The van der Waals surface area contributed by atoms with Crippen LogP contribution in [-0.4, -0.2) is 44.3 Å². The quantitative estimate of drug-likeness (QED) is 0.337. The van der Waals surface area contributed by atoms with Gasteiger partial charge in [0.1, 0.15) is 32.5 Å². The Kier molecular flexibility index (Phi) is 5.87. The standard InChI is InChI=1S/C16H16O7/c1-2-14(17)20-6-7-21-16(19)12-5-3-4-11(8-12)13-9-23-15(18)10-22-13/h2-5,8,13H,1,6-7,9-10H2. The number of carbonyl (C=O) groups excluding carboxylic acids is 3. The Hall–Kier alpha value is -2.67. The normalized spacial score (nSPS) is 17.0. The first kappa shape index (κ1) is 16.7. The molecule has 0 spiro atoms. The van der Waals surface area contributed by atoms with Crippen molar-refractivity contribution >= 4 is 17.9 Å².